The van der Waals surface area contributed by atoms with Gasteiger partial charge < -0.3 is 10.3 Å². The standard InChI is InChI=1S/C11H11Cl2N3/c12-7-3-9-10(4-8(7)13)16-11(15-9)5-14-6-1-2-6/h3-4,6,14H,1-2,5H2,(H,15,16). The molecule has 1 heterocycles. The first-order valence-electron chi connectivity index (χ1n) is 5.29. The summed E-state index contributed by atoms with van der Waals surface area (Å²) in [5, 5.41) is 4.50. The molecule has 0 aliphatic heterocycles. The van der Waals surface area contributed by atoms with E-state index < -0.39 is 0 Å². The van der Waals surface area contributed by atoms with Gasteiger partial charge in [0.2, 0.25) is 0 Å². The van der Waals surface area contributed by atoms with Crippen LogP contribution in [0.2, 0.25) is 10.0 Å². The summed E-state index contributed by atoms with van der Waals surface area (Å²) in [5.41, 5.74) is 1.80. The maximum Gasteiger partial charge on any atom is 0.121 e. The predicted octanol–water partition coefficient (Wildman–Crippen LogP) is 3.12. The van der Waals surface area contributed by atoms with E-state index in [4.69, 9.17) is 23.2 Å². The predicted molar refractivity (Wildman–Crippen MR) is 66.0 cm³/mol. The van der Waals surface area contributed by atoms with Gasteiger partial charge in [0, 0.05) is 6.04 Å². The van der Waals surface area contributed by atoms with Crippen LogP contribution in [-0.4, -0.2) is 16.0 Å². The van der Waals surface area contributed by atoms with Crippen LogP contribution in [0, 0.1) is 0 Å². The van der Waals surface area contributed by atoms with Crippen molar-refractivity contribution in [3.05, 3.63) is 28.0 Å². The highest BCUT2D eigenvalue weighted by atomic mass is 35.5. The average Bonchev–Trinajstić information content (AvgIpc) is 2.99. The zero-order valence-corrected chi connectivity index (χ0v) is 10.1. The third-order valence-electron chi connectivity index (χ3n) is 2.71. The average molecular weight is 256 g/mol. The molecule has 1 aliphatic carbocycles. The number of nitrogens with one attached hydrogen (secondary N) is 2. The first kappa shape index (κ1) is 10.4. The first-order valence-corrected chi connectivity index (χ1v) is 6.05. The van der Waals surface area contributed by atoms with Crippen molar-refractivity contribution in [2.24, 2.45) is 0 Å². The molecule has 2 N–H and O–H groups in total. The molecular formula is C11H11Cl2N3. The van der Waals surface area contributed by atoms with E-state index in [-0.39, 0.29) is 0 Å². The number of H-pyrrole nitrogens is 1. The Morgan fingerprint density at radius 1 is 1.31 bits per heavy atom. The molecule has 1 fully saturated rings. The Bertz CT molecular complexity index is 492. The molecule has 3 rings (SSSR count). The molecule has 0 saturated heterocycles. The minimum atomic E-state index is 0.544. The Morgan fingerprint density at radius 3 is 2.81 bits per heavy atom. The van der Waals surface area contributed by atoms with Crippen LogP contribution in [0.4, 0.5) is 0 Å². The highest BCUT2D eigenvalue weighted by molar-refractivity contribution is 6.42. The molecule has 1 saturated carbocycles. The van der Waals surface area contributed by atoms with E-state index in [1.807, 2.05) is 6.07 Å². The van der Waals surface area contributed by atoms with Crippen molar-refractivity contribution < 1.29 is 0 Å². The monoisotopic (exact) mass is 255 g/mol. The lowest BCUT2D eigenvalue weighted by Gasteiger charge is -1.96. The lowest BCUT2D eigenvalue weighted by molar-refractivity contribution is 0.665. The molecular weight excluding hydrogens is 245 g/mol. The van der Waals surface area contributed by atoms with Crippen LogP contribution in [0.3, 0.4) is 0 Å². The molecule has 16 heavy (non-hydrogen) atoms. The van der Waals surface area contributed by atoms with E-state index in [1.165, 1.54) is 12.8 Å². The van der Waals surface area contributed by atoms with Crippen LogP contribution >= 0.6 is 23.2 Å². The Kier molecular flexibility index (Phi) is 2.54. The number of hydrogen-bond acceptors (Lipinski definition) is 2. The summed E-state index contributed by atoms with van der Waals surface area (Å²) in [6, 6.07) is 4.28. The minimum absolute atomic E-state index is 0.544. The number of nitrogens with zero attached hydrogens (tertiary/aromatic N) is 1. The van der Waals surface area contributed by atoms with Gasteiger partial charge in [-0.25, -0.2) is 4.98 Å². The molecule has 1 aromatic carbocycles. The van der Waals surface area contributed by atoms with Crippen LogP contribution in [0.25, 0.3) is 11.0 Å². The highest BCUT2D eigenvalue weighted by Gasteiger charge is 2.20. The molecule has 1 aliphatic rings. The Morgan fingerprint density at radius 2 is 2.06 bits per heavy atom. The summed E-state index contributed by atoms with van der Waals surface area (Å²) in [7, 11) is 0. The third-order valence-corrected chi connectivity index (χ3v) is 3.43. The Labute approximate surface area is 103 Å². The Balaban J connectivity index is 1.89. The van der Waals surface area contributed by atoms with Gasteiger partial charge in [0.1, 0.15) is 5.82 Å². The summed E-state index contributed by atoms with van der Waals surface area (Å²) in [6.07, 6.45) is 2.55. The molecule has 0 bridgehead atoms. The molecule has 0 amide bonds. The van der Waals surface area contributed by atoms with Gasteiger partial charge in [0.25, 0.3) is 0 Å². The number of rotatable bonds is 3. The number of halogens is 2. The molecule has 1 aromatic heterocycles. The van der Waals surface area contributed by atoms with E-state index >= 15 is 0 Å². The van der Waals surface area contributed by atoms with E-state index in [1.54, 1.807) is 6.07 Å². The highest BCUT2D eigenvalue weighted by Crippen LogP contribution is 2.26. The summed E-state index contributed by atoms with van der Waals surface area (Å²) in [5.74, 6) is 0.931. The van der Waals surface area contributed by atoms with Crippen molar-refractivity contribution in [2.75, 3.05) is 0 Å². The second kappa shape index (κ2) is 3.91. The summed E-state index contributed by atoms with van der Waals surface area (Å²) < 4.78 is 0. The summed E-state index contributed by atoms with van der Waals surface area (Å²) in [4.78, 5) is 7.68. The smallest absolute Gasteiger partial charge is 0.121 e. The normalized spacial score (nSPS) is 15.9. The fourth-order valence-corrected chi connectivity index (χ4v) is 1.99. The molecule has 3 nitrogen and oxygen atoms in total. The molecule has 0 spiro atoms. The van der Waals surface area contributed by atoms with Crippen LogP contribution in [0.15, 0.2) is 12.1 Å². The van der Waals surface area contributed by atoms with Crippen LogP contribution in [0.1, 0.15) is 18.7 Å². The van der Waals surface area contributed by atoms with Crippen molar-refractivity contribution in [1.82, 2.24) is 15.3 Å². The van der Waals surface area contributed by atoms with E-state index in [0.29, 0.717) is 16.1 Å². The first-order chi connectivity index (χ1) is 7.72. The minimum Gasteiger partial charge on any atom is -0.341 e. The SMILES string of the molecule is Clc1cc2nc(CNC3CC3)[nH]c2cc1Cl. The van der Waals surface area contributed by atoms with Gasteiger partial charge in [0.05, 0.1) is 27.6 Å². The van der Waals surface area contributed by atoms with Gasteiger partial charge in [-0.2, -0.15) is 0 Å². The van der Waals surface area contributed by atoms with Crippen molar-refractivity contribution in [2.45, 2.75) is 25.4 Å². The number of aromatic amines is 1. The number of aromatic nitrogens is 2. The lowest BCUT2D eigenvalue weighted by atomic mass is 10.3. The van der Waals surface area contributed by atoms with Crippen LogP contribution < -0.4 is 5.32 Å². The fourth-order valence-electron chi connectivity index (χ4n) is 1.67. The number of fused-ring (bicyclic) bond motifs is 1. The molecule has 84 valence electrons. The van der Waals surface area contributed by atoms with Crippen molar-refractivity contribution in [1.29, 1.82) is 0 Å². The molecule has 0 atom stereocenters. The van der Waals surface area contributed by atoms with Gasteiger partial charge in [-0.15, -0.1) is 0 Å². The van der Waals surface area contributed by atoms with Gasteiger partial charge in [-0.05, 0) is 25.0 Å². The molecule has 5 heteroatoms. The fraction of sp³-hybridized carbons (Fsp3) is 0.364. The van der Waals surface area contributed by atoms with E-state index in [2.05, 4.69) is 15.3 Å². The van der Waals surface area contributed by atoms with Crippen molar-refractivity contribution >= 4 is 34.2 Å². The zero-order valence-electron chi connectivity index (χ0n) is 8.56. The van der Waals surface area contributed by atoms with Crippen LogP contribution in [-0.2, 0) is 6.54 Å². The second-order valence-electron chi connectivity index (χ2n) is 4.12. The maximum atomic E-state index is 5.94. The summed E-state index contributed by atoms with van der Waals surface area (Å²) in [6.45, 7) is 0.772. The second-order valence-corrected chi connectivity index (χ2v) is 4.94. The number of benzene rings is 1. The Hall–Kier alpha value is -0.770. The van der Waals surface area contributed by atoms with Gasteiger partial charge in [-0.3, -0.25) is 0 Å². The number of imidazole rings is 1. The van der Waals surface area contributed by atoms with E-state index in [0.717, 1.165) is 23.4 Å². The quantitative estimate of drug-likeness (QED) is 0.885. The molecule has 2 aromatic rings. The van der Waals surface area contributed by atoms with Gasteiger partial charge >= 0.3 is 0 Å². The van der Waals surface area contributed by atoms with Crippen molar-refractivity contribution in [3.8, 4) is 0 Å². The largest absolute Gasteiger partial charge is 0.341 e. The maximum absolute atomic E-state index is 5.94. The number of hydrogen-bond donors (Lipinski definition) is 2. The van der Waals surface area contributed by atoms with Crippen molar-refractivity contribution in [3.63, 3.8) is 0 Å². The topological polar surface area (TPSA) is 40.7 Å². The lowest BCUT2D eigenvalue weighted by Crippen LogP contribution is -2.16. The van der Waals surface area contributed by atoms with Crippen LogP contribution in [0.5, 0.6) is 0 Å². The third kappa shape index (κ3) is 2.03. The van der Waals surface area contributed by atoms with E-state index in [9.17, 15) is 0 Å². The summed E-state index contributed by atoms with van der Waals surface area (Å²) >= 11 is 11.9. The van der Waals surface area contributed by atoms with Gasteiger partial charge in [-0.1, -0.05) is 23.2 Å². The molecule has 0 radical (unpaired) electrons. The zero-order chi connectivity index (χ0) is 11.1. The molecule has 0 unspecified atom stereocenters. The van der Waals surface area contributed by atoms with Gasteiger partial charge in [0.15, 0.2) is 0 Å².